The first-order chi connectivity index (χ1) is 15.6. The van der Waals surface area contributed by atoms with E-state index in [1.807, 2.05) is 0 Å². The average Bonchev–Trinajstić information content (AvgIpc) is 2.79. The summed E-state index contributed by atoms with van der Waals surface area (Å²) >= 11 is 0. The summed E-state index contributed by atoms with van der Waals surface area (Å²) in [6.07, 6.45) is 18.7. The van der Waals surface area contributed by atoms with E-state index in [0.29, 0.717) is 37.2 Å². The fraction of sp³-hybridized carbons (Fsp3) is 0.857. The number of esters is 2. The molecule has 0 aliphatic rings. The van der Waals surface area contributed by atoms with Crippen LogP contribution in [0, 0.1) is 0 Å². The van der Waals surface area contributed by atoms with Crippen molar-refractivity contribution in [1.29, 1.82) is 0 Å². The third-order valence-electron chi connectivity index (χ3n) is 5.88. The second-order valence-electron chi connectivity index (χ2n) is 8.97. The third kappa shape index (κ3) is 16.3. The molecule has 0 aromatic rings. The van der Waals surface area contributed by atoms with Gasteiger partial charge in [0.2, 0.25) is 0 Å². The van der Waals surface area contributed by atoms with Crippen LogP contribution in [-0.2, 0) is 19.1 Å². The molecule has 4 nitrogen and oxygen atoms in total. The van der Waals surface area contributed by atoms with Gasteiger partial charge < -0.3 is 9.47 Å². The molecule has 0 spiro atoms. The molecule has 0 unspecified atom stereocenters. The summed E-state index contributed by atoms with van der Waals surface area (Å²) in [5.74, 6) is -0.610. The highest BCUT2D eigenvalue weighted by Gasteiger charge is 2.23. The lowest BCUT2D eigenvalue weighted by Crippen LogP contribution is -2.18. The molecule has 0 radical (unpaired) electrons. The van der Waals surface area contributed by atoms with Gasteiger partial charge in [-0.3, -0.25) is 0 Å². The second kappa shape index (κ2) is 22.9. The molecule has 0 N–H and O–H groups in total. The Hall–Kier alpha value is -1.32. The van der Waals surface area contributed by atoms with Crippen LogP contribution in [0.4, 0.5) is 0 Å². The summed E-state index contributed by atoms with van der Waals surface area (Å²) in [5.41, 5.74) is 1.15. The maximum atomic E-state index is 12.9. The molecule has 0 aromatic heterocycles. The molecule has 0 saturated heterocycles. The maximum absolute atomic E-state index is 12.9. The van der Waals surface area contributed by atoms with Crippen molar-refractivity contribution < 1.29 is 19.1 Å². The van der Waals surface area contributed by atoms with E-state index in [2.05, 4.69) is 27.7 Å². The van der Waals surface area contributed by atoms with Gasteiger partial charge in [-0.15, -0.1) is 0 Å². The average molecular weight is 453 g/mol. The number of rotatable bonds is 22. The van der Waals surface area contributed by atoms with Gasteiger partial charge in [0.25, 0.3) is 0 Å². The fourth-order valence-corrected chi connectivity index (χ4v) is 3.71. The topological polar surface area (TPSA) is 52.6 Å². The SMILES string of the molecule is CCCCCCCCC(C(=O)OCCCC)=C(CCCCCCCC)C(=O)OCCCC. The smallest absolute Gasteiger partial charge is 0.334 e. The van der Waals surface area contributed by atoms with Crippen LogP contribution in [0.5, 0.6) is 0 Å². The van der Waals surface area contributed by atoms with Gasteiger partial charge in [0.1, 0.15) is 0 Å². The van der Waals surface area contributed by atoms with Gasteiger partial charge in [-0.2, -0.15) is 0 Å². The van der Waals surface area contributed by atoms with E-state index in [0.717, 1.165) is 51.4 Å². The molecule has 0 amide bonds. The van der Waals surface area contributed by atoms with Crippen molar-refractivity contribution in [2.24, 2.45) is 0 Å². The van der Waals surface area contributed by atoms with Crippen molar-refractivity contribution in [3.63, 3.8) is 0 Å². The molecule has 0 aliphatic carbocycles. The van der Waals surface area contributed by atoms with Crippen LogP contribution in [0.1, 0.15) is 143 Å². The number of carbonyl (C=O) groups excluding carboxylic acids is 2. The summed E-state index contributed by atoms with van der Waals surface area (Å²) in [6, 6.07) is 0. The Labute approximate surface area is 198 Å². The van der Waals surface area contributed by atoms with Gasteiger partial charge in [-0.25, -0.2) is 9.59 Å². The molecule has 0 aliphatic heterocycles. The molecular weight excluding hydrogens is 400 g/mol. The van der Waals surface area contributed by atoms with E-state index in [1.165, 1.54) is 51.4 Å². The first kappa shape index (κ1) is 30.7. The maximum Gasteiger partial charge on any atom is 0.334 e. The van der Waals surface area contributed by atoms with Crippen molar-refractivity contribution in [3.05, 3.63) is 11.1 Å². The highest BCUT2D eigenvalue weighted by Crippen LogP contribution is 2.23. The Morgan fingerprint density at radius 1 is 0.438 bits per heavy atom. The quantitative estimate of drug-likeness (QED) is 0.0938. The zero-order valence-corrected chi connectivity index (χ0v) is 21.8. The summed E-state index contributed by atoms with van der Waals surface area (Å²) in [7, 11) is 0. The second-order valence-corrected chi connectivity index (χ2v) is 8.97. The van der Waals surface area contributed by atoms with Crippen LogP contribution in [-0.4, -0.2) is 25.2 Å². The van der Waals surface area contributed by atoms with Crippen molar-refractivity contribution in [1.82, 2.24) is 0 Å². The Balaban J connectivity index is 5.27. The van der Waals surface area contributed by atoms with Crippen LogP contribution in [0.2, 0.25) is 0 Å². The van der Waals surface area contributed by atoms with Gasteiger partial charge in [-0.05, 0) is 38.5 Å². The zero-order valence-electron chi connectivity index (χ0n) is 21.8. The number of hydrogen-bond acceptors (Lipinski definition) is 4. The number of unbranched alkanes of at least 4 members (excludes halogenated alkanes) is 12. The summed E-state index contributed by atoms with van der Waals surface area (Å²) < 4.78 is 11.1. The van der Waals surface area contributed by atoms with E-state index in [4.69, 9.17) is 9.47 Å². The molecule has 0 bridgehead atoms. The molecule has 188 valence electrons. The monoisotopic (exact) mass is 452 g/mol. The minimum Gasteiger partial charge on any atom is -0.462 e. The lowest BCUT2D eigenvalue weighted by molar-refractivity contribution is -0.142. The zero-order chi connectivity index (χ0) is 23.9. The van der Waals surface area contributed by atoms with Crippen LogP contribution in [0.3, 0.4) is 0 Å². The minimum atomic E-state index is -0.305. The molecule has 0 atom stereocenters. The molecule has 0 saturated carbocycles. The van der Waals surface area contributed by atoms with E-state index in [-0.39, 0.29) is 11.9 Å². The predicted molar refractivity (Wildman–Crippen MR) is 135 cm³/mol. The lowest BCUT2D eigenvalue weighted by atomic mass is 9.96. The fourth-order valence-electron chi connectivity index (χ4n) is 3.71. The van der Waals surface area contributed by atoms with Crippen LogP contribution < -0.4 is 0 Å². The van der Waals surface area contributed by atoms with E-state index >= 15 is 0 Å². The van der Waals surface area contributed by atoms with Crippen molar-refractivity contribution in [3.8, 4) is 0 Å². The Kier molecular flexibility index (Phi) is 21.9. The van der Waals surface area contributed by atoms with Crippen molar-refractivity contribution >= 4 is 11.9 Å². The molecular formula is C28H52O4. The first-order valence-electron chi connectivity index (χ1n) is 13.7. The molecule has 32 heavy (non-hydrogen) atoms. The van der Waals surface area contributed by atoms with Crippen LogP contribution in [0.25, 0.3) is 0 Å². The first-order valence-corrected chi connectivity index (χ1v) is 13.7. The predicted octanol–water partition coefficient (Wildman–Crippen LogP) is 8.47. The number of carbonyl (C=O) groups is 2. The molecule has 4 heteroatoms. The van der Waals surface area contributed by atoms with Crippen molar-refractivity contribution in [2.45, 2.75) is 143 Å². The highest BCUT2D eigenvalue weighted by atomic mass is 16.5. The highest BCUT2D eigenvalue weighted by molar-refractivity contribution is 6.00. The molecule has 0 heterocycles. The van der Waals surface area contributed by atoms with Gasteiger partial charge in [0.05, 0.1) is 13.2 Å². The number of hydrogen-bond donors (Lipinski definition) is 0. The number of ether oxygens (including phenoxy) is 2. The van der Waals surface area contributed by atoms with E-state index in [1.54, 1.807) is 0 Å². The largest absolute Gasteiger partial charge is 0.462 e. The molecule has 0 fully saturated rings. The Morgan fingerprint density at radius 3 is 1.09 bits per heavy atom. The molecule has 0 aromatic carbocycles. The van der Waals surface area contributed by atoms with Crippen LogP contribution in [0.15, 0.2) is 11.1 Å². The molecule has 0 rings (SSSR count). The standard InChI is InChI=1S/C28H52O4/c1-5-9-13-15-17-19-21-25(27(29)31-23-11-7-3)26(28(30)32-24-12-8-4)22-20-18-16-14-10-6-2/h5-24H2,1-4H3. The summed E-state index contributed by atoms with van der Waals surface area (Å²) in [6.45, 7) is 9.43. The minimum absolute atomic E-state index is 0.305. The Bertz CT molecular complexity index is 452. The summed E-state index contributed by atoms with van der Waals surface area (Å²) in [5, 5.41) is 0. The summed E-state index contributed by atoms with van der Waals surface area (Å²) in [4.78, 5) is 25.9. The van der Waals surface area contributed by atoms with E-state index in [9.17, 15) is 9.59 Å². The third-order valence-corrected chi connectivity index (χ3v) is 5.88. The van der Waals surface area contributed by atoms with Crippen LogP contribution >= 0.6 is 0 Å². The van der Waals surface area contributed by atoms with E-state index < -0.39 is 0 Å². The van der Waals surface area contributed by atoms with Gasteiger partial charge >= 0.3 is 11.9 Å². The lowest BCUT2D eigenvalue weighted by Gasteiger charge is -2.15. The van der Waals surface area contributed by atoms with Gasteiger partial charge in [0, 0.05) is 11.1 Å². The normalized spacial score (nSPS) is 11.9. The Morgan fingerprint density at radius 2 is 0.750 bits per heavy atom. The van der Waals surface area contributed by atoms with Gasteiger partial charge in [0.15, 0.2) is 0 Å². The van der Waals surface area contributed by atoms with Gasteiger partial charge in [-0.1, -0.05) is 105 Å². The van der Waals surface area contributed by atoms with Crippen molar-refractivity contribution in [2.75, 3.05) is 13.2 Å².